The summed E-state index contributed by atoms with van der Waals surface area (Å²) in [5.74, 6) is 1.01. The molecule has 1 aromatic heterocycles. The lowest BCUT2D eigenvalue weighted by atomic mass is 10.1. The molecule has 0 radical (unpaired) electrons. The Kier molecular flexibility index (Phi) is 5.21. The van der Waals surface area contributed by atoms with Gasteiger partial charge in [-0.3, -0.25) is 0 Å². The number of fused-ring (bicyclic) bond motifs is 1. The molecule has 1 aromatic carbocycles. The molecule has 0 saturated carbocycles. The van der Waals surface area contributed by atoms with Gasteiger partial charge in [0.1, 0.15) is 11.3 Å². The highest BCUT2D eigenvalue weighted by molar-refractivity contribution is 5.81. The molecule has 0 aliphatic carbocycles. The molecule has 0 saturated heterocycles. The fourth-order valence-electron chi connectivity index (χ4n) is 2.45. The van der Waals surface area contributed by atoms with E-state index in [0.717, 1.165) is 30.7 Å². The van der Waals surface area contributed by atoms with Crippen LogP contribution in [0.2, 0.25) is 0 Å². The maximum absolute atomic E-state index is 6.09. The molecule has 0 fully saturated rings. The number of hydrogen-bond donors (Lipinski definition) is 1. The van der Waals surface area contributed by atoms with Gasteiger partial charge >= 0.3 is 0 Å². The molecule has 110 valence electrons. The molecule has 0 bridgehead atoms. The van der Waals surface area contributed by atoms with Crippen molar-refractivity contribution in [2.24, 2.45) is 0 Å². The molecular formula is C17H25NO2. The fourth-order valence-corrected chi connectivity index (χ4v) is 2.45. The van der Waals surface area contributed by atoms with E-state index < -0.39 is 0 Å². The van der Waals surface area contributed by atoms with Gasteiger partial charge in [-0.2, -0.15) is 0 Å². The number of para-hydroxylation sites is 1. The lowest BCUT2D eigenvalue weighted by molar-refractivity contribution is 0.0978. The lowest BCUT2D eigenvalue weighted by Crippen LogP contribution is -2.25. The van der Waals surface area contributed by atoms with E-state index in [9.17, 15) is 0 Å². The van der Waals surface area contributed by atoms with Crippen molar-refractivity contribution in [3.8, 4) is 0 Å². The Morgan fingerprint density at radius 3 is 2.80 bits per heavy atom. The Morgan fingerprint density at radius 1 is 1.35 bits per heavy atom. The zero-order chi connectivity index (χ0) is 14.5. The van der Waals surface area contributed by atoms with Gasteiger partial charge in [0.15, 0.2) is 0 Å². The second-order valence-corrected chi connectivity index (χ2v) is 5.43. The lowest BCUT2D eigenvalue weighted by Gasteiger charge is -2.19. The van der Waals surface area contributed by atoms with Gasteiger partial charge in [0.05, 0.1) is 12.1 Å². The van der Waals surface area contributed by atoms with Crippen molar-refractivity contribution in [2.45, 2.75) is 45.8 Å². The Morgan fingerprint density at radius 2 is 2.15 bits per heavy atom. The number of aryl methyl sites for hydroxylation is 1. The molecule has 0 spiro atoms. The molecule has 1 heterocycles. The summed E-state index contributed by atoms with van der Waals surface area (Å²) < 4.78 is 11.5. The van der Waals surface area contributed by atoms with Crippen molar-refractivity contribution in [1.82, 2.24) is 5.32 Å². The molecule has 20 heavy (non-hydrogen) atoms. The van der Waals surface area contributed by atoms with Gasteiger partial charge in [0.25, 0.3) is 0 Å². The molecule has 2 atom stereocenters. The Hall–Kier alpha value is -1.32. The molecule has 2 unspecified atom stereocenters. The summed E-state index contributed by atoms with van der Waals surface area (Å²) in [7, 11) is 1.75. The van der Waals surface area contributed by atoms with Gasteiger partial charge in [-0.1, -0.05) is 25.1 Å². The van der Waals surface area contributed by atoms with Gasteiger partial charge in [0.2, 0.25) is 0 Å². The van der Waals surface area contributed by atoms with Crippen molar-refractivity contribution in [3.05, 3.63) is 35.6 Å². The van der Waals surface area contributed by atoms with Crippen LogP contribution in [0.5, 0.6) is 0 Å². The van der Waals surface area contributed by atoms with Gasteiger partial charge in [-0.15, -0.1) is 0 Å². The van der Waals surface area contributed by atoms with E-state index in [-0.39, 0.29) is 12.1 Å². The number of nitrogens with one attached hydrogen (secondary N) is 1. The van der Waals surface area contributed by atoms with E-state index >= 15 is 0 Å². The molecule has 0 aliphatic rings. The zero-order valence-corrected chi connectivity index (χ0v) is 12.9. The number of benzene rings is 1. The first kappa shape index (κ1) is 15.1. The summed E-state index contributed by atoms with van der Waals surface area (Å²) in [5.41, 5.74) is 2.18. The number of hydrogen-bond acceptors (Lipinski definition) is 3. The van der Waals surface area contributed by atoms with Crippen molar-refractivity contribution >= 4 is 11.0 Å². The highest BCUT2D eigenvalue weighted by Crippen LogP contribution is 2.28. The first-order chi connectivity index (χ1) is 9.65. The Bertz CT molecular complexity index is 547. The number of furan rings is 1. The average Bonchev–Trinajstić information content (AvgIpc) is 2.88. The third-order valence-corrected chi connectivity index (χ3v) is 3.71. The summed E-state index contributed by atoms with van der Waals surface area (Å²) in [5, 5.41) is 4.73. The molecule has 3 heteroatoms. The third kappa shape index (κ3) is 3.41. The van der Waals surface area contributed by atoms with Crippen LogP contribution in [0.4, 0.5) is 0 Å². The van der Waals surface area contributed by atoms with E-state index in [1.807, 2.05) is 0 Å². The topological polar surface area (TPSA) is 34.4 Å². The minimum atomic E-state index is 0.205. The first-order valence-corrected chi connectivity index (χ1v) is 7.41. The number of rotatable bonds is 7. The summed E-state index contributed by atoms with van der Waals surface area (Å²) in [6, 6.07) is 8.62. The van der Waals surface area contributed by atoms with Gasteiger partial charge in [-0.05, 0) is 44.9 Å². The normalized spacial score (nSPS) is 14.6. The van der Waals surface area contributed by atoms with E-state index in [0.29, 0.717) is 0 Å². The fraction of sp³-hybridized carbons (Fsp3) is 0.529. The largest absolute Gasteiger partial charge is 0.459 e. The molecule has 1 N–H and O–H groups in total. The van der Waals surface area contributed by atoms with Crippen molar-refractivity contribution in [1.29, 1.82) is 0 Å². The smallest absolute Gasteiger partial charge is 0.137 e. The SMILES string of the molecule is CCCNC(CC(C)OC)c1cc2cccc(C)c2o1. The standard InChI is InChI=1S/C17H25NO2/c1-5-9-18-15(10-13(3)19-4)16-11-14-8-6-7-12(2)17(14)20-16/h6-8,11,13,15,18H,5,9-10H2,1-4H3. The predicted molar refractivity (Wildman–Crippen MR) is 83.1 cm³/mol. The molecule has 2 aromatic rings. The van der Waals surface area contributed by atoms with Crippen molar-refractivity contribution in [2.75, 3.05) is 13.7 Å². The zero-order valence-electron chi connectivity index (χ0n) is 12.9. The summed E-state index contributed by atoms with van der Waals surface area (Å²) in [4.78, 5) is 0. The van der Waals surface area contributed by atoms with E-state index in [4.69, 9.17) is 9.15 Å². The van der Waals surface area contributed by atoms with E-state index in [1.165, 1.54) is 10.9 Å². The maximum atomic E-state index is 6.09. The Labute approximate surface area is 121 Å². The summed E-state index contributed by atoms with van der Waals surface area (Å²) in [6.45, 7) is 7.33. The van der Waals surface area contributed by atoms with Crippen LogP contribution in [-0.2, 0) is 4.74 Å². The van der Waals surface area contributed by atoms with Gasteiger partial charge < -0.3 is 14.5 Å². The number of ether oxygens (including phenoxy) is 1. The molecular weight excluding hydrogens is 250 g/mol. The molecule has 0 aliphatic heterocycles. The first-order valence-electron chi connectivity index (χ1n) is 7.41. The third-order valence-electron chi connectivity index (χ3n) is 3.71. The van der Waals surface area contributed by atoms with Crippen LogP contribution in [0.3, 0.4) is 0 Å². The van der Waals surface area contributed by atoms with E-state index in [2.05, 4.69) is 50.4 Å². The predicted octanol–water partition coefficient (Wildman–Crippen LogP) is 4.21. The summed E-state index contributed by atoms with van der Waals surface area (Å²) in [6.07, 6.45) is 2.23. The second kappa shape index (κ2) is 6.91. The van der Waals surface area contributed by atoms with Crippen LogP contribution < -0.4 is 5.32 Å². The molecule has 2 rings (SSSR count). The minimum Gasteiger partial charge on any atom is -0.459 e. The quantitative estimate of drug-likeness (QED) is 0.822. The van der Waals surface area contributed by atoms with Crippen LogP contribution >= 0.6 is 0 Å². The van der Waals surface area contributed by atoms with Crippen molar-refractivity contribution in [3.63, 3.8) is 0 Å². The highest BCUT2D eigenvalue weighted by atomic mass is 16.5. The molecule has 0 amide bonds. The van der Waals surface area contributed by atoms with Crippen LogP contribution in [0.25, 0.3) is 11.0 Å². The van der Waals surface area contributed by atoms with Crippen LogP contribution in [0.1, 0.15) is 44.1 Å². The minimum absolute atomic E-state index is 0.205. The van der Waals surface area contributed by atoms with Crippen LogP contribution in [0.15, 0.2) is 28.7 Å². The monoisotopic (exact) mass is 275 g/mol. The van der Waals surface area contributed by atoms with Gasteiger partial charge in [0, 0.05) is 12.5 Å². The highest BCUT2D eigenvalue weighted by Gasteiger charge is 2.19. The van der Waals surface area contributed by atoms with E-state index in [1.54, 1.807) is 7.11 Å². The van der Waals surface area contributed by atoms with Crippen LogP contribution in [0, 0.1) is 6.92 Å². The summed E-state index contributed by atoms with van der Waals surface area (Å²) >= 11 is 0. The van der Waals surface area contributed by atoms with Crippen LogP contribution in [-0.4, -0.2) is 19.8 Å². The number of methoxy groups -OCH3 is 1. The molecule has 3 nitrogen and oxygen atoms in total. The maximum Gasteiger partial charge on any atom is 0.137 e. The Balaban J connectivity index is 2.27. The van der Waals surface area contributed by atoms with Crippen molar-refractivity contribution < 1.29 is 9.15 Å². The van der Waals surface area contributed by atoms with Gasteiger partial charge in [-0.25, -0.2) is 0 Å². The second-order valence-electron chi connectivity index (χ2n) is 5.43. The average molecular weight is 275 g/mol.